The zero-order valence-electron chi connectivity index (χ0n) is 12.2. The Morgan fingerprint density at radius 2 is 2.26 bits per heavy atom. The molecule has 0 aliphatic rings. The normalized spacial score (nSPS) is 16.1. The van der Waals surface area contributed by atoms with Gasteiger partial charge in [-0.2, -0.15) is 0 Å². The average Bonchev–Trinajstić information content (AvgIpc) is 2.91. The molecule has 5 nitrogen and oxygen atoms in total. The Kier molecular flexibility index (Phi) is 6.05. The molecule has 0 aliphatic heterocycles. The highest BCUT2D eigenvalue weighted by atomic mass is 16.3. The van der Waals surface area contributed by atoms with Crippen LogP contribution in [0.1, 0.15) is 32.1 Å². The summed E-state index contributed by atoms with van der Waals surface area (Å²) in [5, 5.41) is 2.67. The summed E-state index contributed by atoms with van der Waals surface area (Å²) in [6, 6.07) is 3.77. The topological polar surface area (TPSA) is 71.5 Å². The number of nitrogens with zero attached hydrogens (tertiary/aromatic N) is 1. The molecule has 1 amide bonds. The molecule has 3 N–H and O–H groups in total. The van der Waals surface area contributed by atoms with Crippen LogP contribution in [0.3, 0.4) is 0 Å². The maximum Gasteiger partial charge on any atom is 0.223 e. The number of hydrogen-bond acceptors (Lipinski definition) is 4. The van der Waals surface area contributed by atoms with Crippen molar-refractivity contribution in [1.29, 1.82) is 0 Å². The fourth-order valence-electron chi connectivity index (χ4n) is 2.31. The number of carbonyl (C=O) groups excluding carboxylic acids is 1. The molecule has 5 heteroatoms. The molecule has 0 spiro atoms. The smallest absolute Gasteiger partial charge is 0.223 e. The molecule has 0 aliphatic carbocycles. The van der Waals surface area contributed by atoms with Crippen molar-refractivity contribution in [3.05, 3.63) is 24.2 Å². The second-order valence-electron chi connectivity index (χ2n) is 4.99. The minimum absolute atomic E-state index is 0.00731. The first kappa shape index (κ1) is 15.7. The highest BCUT2D eigenvalue weighted by Gasteiger charge is 2.27. The number of furan rings is 1. The zero-order valence-corrected chi connectivity index (χ0v) is 12.2. The molecule has 19 heavy (non-hydrogen) atoms. The first-order valence-electron chi connectivity index (χ1n) is 6.72. The van der Waals surface area contributed by atoms with Gasteiger partial charge in [0.25, 0.3) is 0 Å². The van der Waals surface area contributed by atoms with Gasteiger partial charge >= 0.3 is 0 Å². The van der Waals surface area contributed by atoms with Crippen molar-refractivity contribution in [3.8, 4) is 0 Å². The van der Waals surface area contributed by atoms with E-state index in [1.165, 1.54) is 0 Å². The van der Waals surface area contributed by atoms with Crippen LogP contribution >= 0.6 is 0 Å². The highest BCUT2D eigenvalue weighted by molar-refractivity contribution is 5.78. The van der Waals surface area contributed by atoms with Crippen LogP contribution in [0.15, 0.2) is 22.8 Å². The van der Waals surface area contributed by atoms with E-state index in [9.17, 15) is 4.79 Å². The van der Waals surface area contributed by atoms with Gasteiger partial charge in [-0.15, -0.1) is 0 Å². The second kappa shape index (κ2) is 7.31. The lowest BCUT2D eigenvalue weighted by molar-refractivity contribution is -0.124. The zero-order chi connectivity index (χ0) is 14.4. The molecule has 3 unspecified atom stereocenters. The largest absolute Gasteiger partial charge is 0.468 e. The lowest BCUT2D eigenvalue weighted by Gasteiger charge is -2.32. The van der Waals surface area contributed by atoms with E-state index in [1.807, 2.05) is 26.1 Å². The minimum atomic E-state index is -0.0866. The molecule has 0 saturated carbocycles. The first-order valence-corrected chi connectivity index (χ1v) is 6.72. The Bertz CT molecular complexity index is 378. The SMILES string of the molecule is CCC(N)C(c1ccco1)N(C)CC(C)C(=O)NC. The molecule has 0 bridgehead atoms. The molecular weight excluding hydrogens is 242 g/mol. The van der Waals surface area contributed by atoms with E-state index in [0.717, 1.165) is 12.2 Å². The fourth-order valence-corrected chi connectivity index (χ4v) is 2.31. The predicted molar refractivity (Wildman–Crippen MR) is 75.6 cm³/mol. The third-order valence-corrected chi connectivity index (χ3v) is 3.44. The number of likely N-dealkylation sites (N-methyl/N-ethyl adjacent to an activating group) is 1. The van der Waals surface area contributed by atoms with Gasteiger partial charge in [0, 0.05) is 25.6 Å². The number of hydrogen-bond donors (Lipinski definition) is 2. The van der Waals surface area contributed by atoms with Crippen LogP contribution < -0.4 is 11.1 Å². The van der Waals surface area contributed by atoms with Crippen molar-refractivity contribution in [2.45, 2.75) is 32.4 Å². The Labute approximate surface area is 115 Å². The van der Waals surface area contributed by atoms with Gasteiger partial charge in [0.15, 0.2) is 0 Å². The molecule has 3 atom stereocenters. The van der Waals surface area contributed by atoms with Gasteiger partial charge < -0.3 is 15.5 Å². The fraction of sp³-hybridized carbons (Fsp3) is 0.643. The van der Waals surface area contributed by atoms with E-state index in [2.05, 4.69) is 17.1 Å². The van der Waals surface area contributed by atoms with Crippen LogP contribution in [0.25, 0.3) is 0 Å². The molecule has 1 aromatic rings. The summed E-state index contributed by atoms with van der Waals surface area (Å²) >= 11 is 0. The summed E-state index contributed by atoms with van der Waals surface area (Å²) in [7, 11) is 3.63. The Morgan fingerprint density at radius 1 is 1.58 bits per heavy atom. The molecule has 0 radical (unpaired) electrons. The van der Waals surface area contributed by atoms with Crippen molar-refractivity contribution in [2.75, 3.05) is 20.6 Å². The average molecular weight is 267 g/mol. The lowest BCUT2D eigenvalue weighted by atomic mass is 10.0. The van der Waals surface area contributed by atoms with Crippen molar-refractivity contribution in [3.63, 3.8) is 0 Å². The molecule has 1 aromatic heterocycles. The molecule has 1 heterocycles. The lowest BCUT2D eigenvalue weighted by Crippen LogP contribution is -2.42. The number of nitrogens with one attached hydrogen (secondary N) is 1. The Morgan fingerprint density at radius 3 is 2.74 bits per heavy atom. The summed E-state index contributed by atoms with van der Waals surface area (Å²) in [6.07, 6.45) is 2.50. The third kappa shape index (κ3) is 4.08. The van der Waals surface area contributed by atoms with Gasteiger partial charge in [0.2, 0.25) is 5.91 Å². The summed E-state index contributed by atoms with van der Waals surface area (Å²) in [5.74, 6) is 0.799. The van der Waals surface area contributed by atoms with Gasteiger partial charge in [-0.3, -0.25) is 9.69 Å². The Hall–Kier alpha value is -1.33. The van der Waals surface area contributed by atoms with Crippen molar-refractivity contribution in [1.82, 2.24) is 10.2 Å². The van der Waals surface area contributed by atoms with Gasteiger partial charge in [-0.05, 0) is 25.6 Å². The van der Waals surface area contributed by atoms with E-state index in [1.54, 1.807) is 13.3 Å². The molecule has 1 rings (SSSR count). The molecule has 0 fully saturated rings. The summed E-state index contributed by atoms with van der Waals surface area (Å²) in [4.78, 5) is 13.7. The monoisotopic (exact) mass is 267 g/mol. The highest BCUT2D eigenvalue weighted by Crippen LogP contribution is 2.25. The second-order valence-corrected chi connectivity index (χ2v) is 4.99. The minimum Gasteiger partial charge on any atom is -0.468 e. The maximum atomic E-state index is 11.6. The van der Waals surface area contributed by atoms with Crippen LogP contribution in [0.5, 0.6) is 0 Å². The summed E-state index contributed by atoms with van der Waals surface area (Å²) < 4.78 is 5.49. The number of rotatable bonds is 7. The van der Waals surface area contributed by atoms with Crippen LogP contribution in [-0.2, 0) is 4.79 Å². The van der Waals surface area contributed by atoms with Crippen molar-refractivity contribution < 1.29 is 9.21 Å². The van der Waals surface area contributed by atoms with Crippen LogP contribution in [0, 0.1) is 5.92 Å². The van der Waals surface area contributed by atoms with Gasteiger partial charge in [-0.25, -0.2) is 0 Å². The summed E-state index contributed by atoms with van der Waals surface area (Å²) in [5.41, 5.74) is 6.19. The van der Waals surface area contributed by atoms with Crippen LogP contribution in [0.4, 0.5) is 0 Å². The van der Waals surface area contributed by atoms with E-state index in [-0.39, 0.29) is 23.9 Å². The van der Waals surface area contributed by atoms with E-state index in [4.69, 9.17) is 10.2 Å². The Balaban J connectivity index is 2.78. The number of carbonyl (C=O) groups is 1. The van der Waals surface area contributed by atoms with Crippen LogP contribution in [-0.4, -0.2) is 37.5 Å². The molecular formula is C14H25N3O2. The summed E-state index contributed by atoms with van der Waals surface area (Å²) in [6.45, 7) is 4.60. The quantitative estimate of drug-likeness (QED) is 0.782. The predicted octanol–water partition coefficient (Wildman–Crippen LogP) is 1.37. The standard InChI is InChI=1S/C14H25N3O2/c1-5-11(15)13(12-7-6-8-19-12)17(4)9-10(2)14(18)16-3/h6-8,10-11,13H,5,9,15H2,1-4H3,(H,16,18). The van der Waals surface area contributed by atoms with Gasteiger partial charge in [-0.1, -0.05) is 13.8 Å². The van der Waals surface area contributed by atoms with E-state index in [0.29, 0.717) is 6.54 Å². The molecule has 108 valence electrons. The van der Waals surface area contributed by atoms with E-state index >= 15 is 0 Å². The molecule has 0 aromatic carbocycles. The first-order chi connectivity index (χ1) is 9.01. The van der Waals surface area contributed by atoms with Crippen LogP contribution in [0.2, 0.25) is 0 Å². The van der Waals surface area contributed by atoms with Crippen molar-refractivity contribution >= 4 is 5.91 Å². The number of amides is 1. The van der Waals surface area contributed by atoms with E-state index < -0.39 is 0 Å². The molecule has 0 saturated heterocycles. The van der Waals surface area contributed by atoms with Gasteiger partial charge in [0.05, 0.1) is 12.3 Å². The van der Waals surface area contributed by atoms with Crippen molar-refractivity contribution in [2.24, 2.45) is 11.7 Å². The maximum absolute atomic E-state index is 11.6. The number of nitrogens with two attached hydrogens (primary N) is 1. The third-order valence-electron chi connectivity index (χ3n) is 3.44. The van der Waals surface area contributed by atoms with Gasteiger partial charge in [0.1, 0.15) is 5.76 Å².